The van der Waals surface area contributed by atoms with Gasteiger partial charge in [-0.2, -0.15) is 0 Å². The lowest BCUT2D eigenvalue weighted by Crippen LogP contribution is -2.36. The van der Waals surface area contributed by atoms with E-state index in [1.807, 2.05) is 24.4 Å². The van der Waals surface area contributed by atoms with E-state index < -0.39 is 0 Å². The Labute approximate surface area is 109 Å². The van der Waals surface area contributed by atoms with Crippen LogP contribution in [-0.4, -0.2) is 22.4 Å². The van der Waals surface area contributed by atoms with Gasteiger partial charge in [0.25, 0.3) is 5.91 Å². The molecule has 0 saturated carbocycles. The van der Waals surface area contributed by atoms with E-state index in [1.165, 1.54) is 11.3 Å². The quantitative estimate of drug-likeness (QED) is 0.790. The number of carbonyl (C=O) groups excluding carboxylic acids is 1. The minimum Gasteiger partial charge on any atom is -0.305 e. The molecule has 0 bridgehead atoms. The number of hydrogen-bond donors (Lipinski definition) is 0. The predicted octanol–water partition coefficient (Wildman–Crippen LogP) is 2.44. The molecule has 5 heteroatoms. The number of thiazole rings is 1. The summed E-state index contributed by atoms with van der Waals surface area (Å²) in [6.07, 6.45) is 3.68. The zero-order valence-corrected chi connectivity index (χ0v) is 10.9. The molecule has 0 unspecified atom stereocenters. The number of aryl methyl sites for hydroxylation is 2. The van der Waals surface area contributed by atoms with E-state index in [-0.39, 0.29) is 5.91 Å². The summed E-state index contributed by atoms with van der Waals surface area (Å²) in [6, 6.07) is 3.83. The highest BCUT2D eigenvalue weighted by Gasteiger charge is 2.25. The van der Waals surface area contributed by atoms with Crippen LogP contribution in [0.2, 0.25) is 0 Å². The van der Waals surface area contributed by atoms with Gasteiger partial charge in [0.1, 0.15) is 5.69 Å². The van der Waals surface area contributed by atoms with Gasteiger partial charge in [-0.3, -0.25) is 9.78 Å². The highest BCUT2D eigenvalue weighted by Crippen LogP contribution is 2.26. The third-order valence-electron chi connectivity index (χ3n) is 3.04. The summed E-state index contributed by atoms with van der Waals surface area (Å²) in [5, 5.41) is 2.74. The first kappa shape index (κ1) is 11.3. The highest BCUT2D eigenvalue weighted by molar-refractivity contribution is 7.09. The van der Waals surface area contributed by atoms with Gasteiger partial charge in [-0.15, -0.1) is 11.3 Å². The molecule has 0 aromatic carbocycles. The molecule has 3 rings (SSSR count). The molecule has 0 spiro atoms. The fraction of sp³-hybridized carbons (Fsp3) is 0.308. The summed E-state index contributed by atoms with van der Waals surface area (Å²) in [5.74, 6) is -0.0201. The SMILES string of the molecule is Cc1nc(C(=O)N2CCCc3ncccc32)cs1. The predicted molar refractivity (Wildman–Crippen MR) is 71.1 cm³/mol. The van der Waals surface area contributed by atoms with Crippen molar-refractivity contribution in [3.05, 3.63) is 40.1 Å². The van der Waals surface area contributed by atoms with Crippen molar-refractivity contribution < 1.29 is 4.79 Å². The molecule has 4 nitrogen and oxygen atoms in total. The fourth-order valence-electron chi connectivity index (χ4n) is 2.20. The number of rotatable bonds is 1. The van der Waals surface area contributed by atoms with Crippen molar-refractivity contribution in [1.29, 1.82) is 0 Å². The first-order valence-corrected chi connectivity index (χ1v) is 6.81. The summed E-state index contributed by atoms with van der Waals surface area (Å²) in [4.78, 5) is 22.8. The van der Waals surface area contributed by atoms with E-state index in [0.717, 1.165) is 35.8 Å². The second kappa shape index (κ2) is 4.49. The van der Waals surface area contributed by atoms with Crippen LogP contribution >= 0.6 is 11.3 Å². The van der Waals surface area contributed by atoms with Crippen LogP contribution in [0.25, 0.3) is 0 Å². The Hall–Kier alpha value is -1.75. The standard InChI is InChI=1S/C13H13N3OS/c1-9-15-11(8-18-9)13(17)16-7-3-4-10-12(16)5-2-6-14-10/h2,5-6,8H,3-4,7H2,1H3. The van der Waals surface area contributed by atoms with Crippen molar-refractivity contribution in [1.82, 2.24) is 9.97 Å². The maximum absolute atomic E-state index is 12.4. The monoisotopic (exact) mass is 259 g/mol. The Morgan fingerprint density at radius 3 is 3.17 bits per heavy atom. The Morgan fingerprint density at radius 1 is 1.50 bits per heavy atom. The van der Waals surface area contributed by atoms with Crippen LogP contribution in [0.15, 0.2) is 23.7 Å². The van der Waals surface area contributed by atoms with Crippen molar-refractivity contribution in [2.45, 2.75) is 19.8 Å². The fourth-order valence-corrected chi connectivity index (χ4v) is 2.79. The summed E-state index contributed by atoms with van der Waals surface area (Å²) in [5.41, 5.74) is 2.47. The van der Waals surface area contributed by atoms with Crippen molar-refractivity contribution in [2.75, 3.05) is 11.4 Å². The molecule has 0 radical (unpaired) electrons. The largest absolute Gasteiger partial charge is 0.305 e. The van der Waals surface area contributed by atoms with Crippen LogP contribution in [-0.2, 0) is 6.42 Å². The molecule has 1 aliphatic rings. The molecular formula is C13H13N3OS. The average molecular weight is 259 g/mol. The molecule has 1 amide bonds. The van der Waals surface area contributed by atoms with Crippen molar-refractivity contribution >= 4 is 22.9 Å². The number of anilines is 1. The summed E-state index contributed by atoms with van der Waals surface area (Å²) in [6.45, 7) is 2.65. The van der Waals surface area contributed by atoms with Gasteiger partial charge in [-0.05, 0) is 31.9 Å². The van der Waals surface area contributed by atoms with Crippen LogP contribution < -0.4 is 4.90 Å². The van der Waals surface area contributed by atoms with Crippen LogP contribution in [0.5, 0.6) is 0 Å². The third-order valence-corrected chi connectivity index (χ3v) is 3.81. The van der Waals surface area contributed by atoms with E-state index in [0.29, 0.717) is 5.69 Å². The summed E-state index contributed by atoms with van der Waals surface area (Å²) in [7, 11) is 0. The van der Waals surface area contributed by atoms with Gasteiger partial charge in [0.05, 0.1) is 16.4 Å². The zero-order chi connectivity index (χ0) is 12.5. The highest BCUT2D eigenvalue weighted by atomic mass is 32.1. The molecule has 0 fully saturated rings. The normalized spacial score (nSPS) is 14.4. The van der Waals surface area contributed by atoms with Crippen LogP contribution in [0.3, 0.4) is 0 Å². The van der Waals surface area contributed by atoms with Crippen molar-refractivity contribution in [3.8, 4) is 0 Å². The van der Waals surface area contributed by atoms with E-state index >= 15 is 0 Å². The number of aromatic nitrogens is 2. The maximum atomic E-state index is 12.4. The van der Waals surface area contributed by atoms with Gasteiger partial charge in [0.2, 0.25) is 0 Å². The minimum absolute atomic E-state index is 0.0201. The summed E-state index contributed by atoms with van der Waals surface area (Å²) < 4.78 is 0. The zero-order valence-electron chi connectivity index (χ0n) is 10.1. The molecule has 0 aliphatic carbocycles. The Balaban J connectivity index is 1.96. The van der Waals surface area contributed by atoms with Crippen LogP contribution in [0.4, 0.5) is 5.69 Å². The number of nitrogens with zero attached hydrogens (tertiary/aromatic N) is 3. The molecule has 0 saturated heterocycles. The molecule has 3 heterocycles. The average Bonchev–Trinajstić information content (AvgIpc) is 2.84. The molecule has 18 heavy (non-hydrogen) atoms. The van der Waals surface area contributed by atoms with Crippen LogP contribution in [0, 0.1) is 6.92 Å². The van der Waals surface area contributed by atoms with Gasteiger partial charge in [0.15, 0.2) is 0 Å². The molecule has 92 valence electrons. The van der Waals surface area contributed by atoms with Crippen LogP contribution in [0.1, 0.15) is 27.6 Å². The Kier molecular flexibility index (Phi) is 2.83. The lowest BCUT2D eigenvalue weighted by atomic mass is 10.1. The summed E-state index contributed by atoms with van der Waals surface area (Å²) >= 11 is 1.50. The number of pyridine rings is 1. The lowest BCUT2D eigenvalue weighted by Gasteiger charge is -2.27. The minimum atomic E-state index is -0.0201. The second-order valence-corrected chi connectivity index (χ2v) is 5.34. The number of fused-ring (bicyclic) bond motifs is 1. The van der Waals surface area contributed by atoms with Gasteiger partial charge < -0.3 is 4.90 Å². The topological polar surface area (TPSA) is 46.1 Å². The van der Waals surface area contributed by atoms with Gasteiger partial charge >= 0.3 is 0 Å². The smallest absolute Gasteiger partial charge is 0.277 e. The van der Waals surface area contributed by atoms with E-state index in [9.17, 15) is 4.79 Å². The van der Waals surface area contributed by atoms with Crippen molar-refractivity contribution in [3.63, 3.8) is 0 Å². The van der Waals surface area contributed by atoms with E-state index in [1.54, 1.807) is 11.1 Å². The molecule has 1 aliphatic heterocycles. The Morgan fingerprint density at radius 2 is 2.39 bits per heavy atom. The molecule has 2 aromatic rings. The maximum Gasteiger partial charge on any atom is 0.277 e. The third kappa shape index (κ3) is 1.90. The van der Waals surface area contributed by atoms with Gasteiger partial charge in [0, 0.05) is 18.1 Å². The van der Waals surface area contributed by atoms with Gasteiger partial charge in [-0.1, -0.05) is 0 Å². The molecule has 0 atom stereocenters. The van der Waals surface area contributed by atoms with Crippen molar-refractivity contribution in [2.24, 2.45) is 0 Å². The lowest BCUT2D eigenvalue weighted by molar-refractivity contribution is 0.0980. The Bertz CT molecular complexity index is 593. The molecule has 2 aromatic heterocycles. The first-order chi connectivity index (χ1) is 8.75. The molecule has 0 N–H and O–H groups in total. The number of amides is 1. The second-order valence-electron chi connectivity index (χ2n) is 4.28. The number of hydrogen-bond acceptors (Lipinski definition) is 4. The molecular weight excluding hydrogens is 246 g/mol. The van der Waals surface area contributed by atoms with E-state index in [2.05, 4.69) is 9.97 Å². The first-order valence-electron chi connectivity index (χ1n) is 5.93. The van der Waals surface area contributed by atoms with Gasteiger partial charge in [-0.25, -0.2) is 4.98 Å². The number of carbonyl (C=O) groups is 1. The van der Waals surface area contributed by atoms with E-state index in [4.69, 9.17) is 0 Å².